The lowest BCUT2D eigenvalue weighted by Crippen LogP contribution is -2.60. The Kier molecular flexibility index (Phi) is 5.53. The highest BCUT2D eigenvalue weighted by atomic mass is 32.1. The van der Waals surface area contributed by atoms with Gasteiger partial charge in [0.15, 0.2) is 0 Å². The van der Waals surface area contributed by atoms with Crippen LogP contribution >= 0.6 is 11.3 Å². The SMILES string of the molecule is COCCN1CCN2CCCN(C(=O)c3ccc(C)s3)CC2C1=O. The molecular formula is C17H25N3O3S. The van der Waals surface area contributed by atoms with Gasteiger partial charge in [-0.1, -0.05) is 0 Å². The summed E-state index contributed by atoms with van der Waals surface area (Å²) >= 11 is 1.52. The van der Waals surface area contributed by atoms with Crippen molar-refractivity contribution < 1.29 is 14.3 Å². The Labute approximate surface area is 147 Å². The van der Waals surface area contributed by atoms with Crippen LogP contribution in [0.2, 0.25) is 0 Å². The summed E-state index contributed by atoms with van der Waals surface area (Å²) in [6.45, 7) is 6.88. The quantitative estimate of drug-likeness (QED) is 0.814. The average Bonchev–Trinajstić information content (AvgIpc) is 2.89. The van der Waals surface area contributed by atoms with Gasteiger partial charge in [0, 0.05) is 51.3 Å². The van der Waals surface area contributed by atoms with Gasteiger partial charge in [0.05, 0.1) is 11.5 Å². The van der Waals surface area contributed by atoms with Crippen molar-refractivity contribution in [1.29, 1.82) is 0 Å². The minimum absolute atomic E-state index is 0.0526. The molecule has 2 fully saturated rings. The van der Waals surface area contributed by atoms with E-state index < -0.39 is 0 Å². The number of aryl methyl sites for hydroxylation is 1. The summed E-state index contributed by atoms with van der Waals surface area (Å²) in [6.07, 6.45) is 0.915. The fraction of sp³-hybridized carbons (Fsp3) is 0.647. The van der Waals surface area contributed by atoms with Crippen LogP contribution < -0.4 is 0 Å². The number of carbonyl (C=O) groups excluding carboxylic acids is 2. The molecule has 2 saturated heterocycles. The maximum absolute atomic E-state index is 12.8. The topological polar surface area (TPSA) is 53.1 Å². The molecule has 0 aromatic carbocycles. The molecule has 2 amide bonds. The van der Waals surface area contributed by atoms with E-state index in [1.807, 2.05) is 28.9 Å². The van der Waals surface area contributed by atoms with Gasteiger partial charge in [0.2, 0.25) is 5.91 Å². The van der Waals surface area contributed by atoms with Crippen molar-refractivity contribution in [3.63, 3.8) is 0 Å². The third-order valence-corrected chi connectivity index (χ3v) is 5.75. The summed E-state index contributed by atoms with van der Waals surface area (Å²) in [6, 6.07) is 3.64. The molecule has 0 radical (unpaired) electrons. The van der Waals surface area contributed by atoms with Crippen LogP contribution in [0.4, 0.5) is 0 Å². The van der Waals surface area contributed by atoms with E-state index in [9.17, 15) is 9.59 Å². The first-order valence-corrected chi connectivity index (χ1v) is 9.29. The van der Waals surface area contributed by atoms with Crippen molar-refractivity contribution in [2.45, 2.75) is 19.4 Å². The van der Waals surface area contributed by atoms with Gasteiger partial charge in [-0.15, -0.1) is 11.3 Å². The van der Waals surface area contributed by atoms with Crippen LogP contribution in [0, 0.1) is 6.92 Å². The van der Waals surface area contributed by atoms with E-state index in [-0.39, 0.29) is 17.9 Å². The van der Waals surface area contributed by atoms with Crippen molar-refractivity contribution in [1.82, 2.24) is 14.7 Å². The Bertz CT molecular complexity index is 604. The van der Waals surface area contributed by atoms with Crippen LogP contribution in [0.25, 0.3) is 0 Å². The maximum Gasteiger partial charge on any atom is 0.263 e. The fourth-order valence-electron chi connectivity index (χ4n) is 3.42. The molecule has 0 spiro atoms. The van der Waals surface area contributed by atoms with E-state index in [2.05, 4.69) is 4.90 Å². The molecule has 7 heteroatoms. The van der Waals surface area contributed by atoms with E-state index in [0.29, 0.717) is 26.2 Å². The van der Waals surface area contributed by atoms with Crippen molar-refractivity contribution in [3.05, 3.63) is 21.9 Å². The highest BCUT2D eigenvalue weighted by Gasteiger charge is 2.38. The predicted octanol–water partition coefficient (Wildman–Crippen LogP) is 1.06. The first-order chi connectivity index (χ1) is 11.6. The minimum Gasteiger partial charge on any atom is -0.383 e. The van der Waals surface area contributed by atoms with Gasteiger partial charge in [0.1, 0.15) is 6.04 Å². The summed E-state index contributed by atoms with van der Waals surface area (Å²) in [5.74, 6) is 0.178. The Morgan fingerprint density at radius 2 is 2.12 bits per heavy atom. The van der Waals surface area contributed by atoms with Crippen LogP contribution in [0.5, 0.6) is 0 Å². The number of ether oxygens (including phenoxy) is 1. The van der Waals surface area contributed by atoms with Crippen LogP contribution in [-0.4, -0.2) is 85.5 Å². The standard InChI is InChI=1S/C17H25N3O3S/c1-13-4-5-15(24-13)17(22)20-7-3-6-18-8-9-19(10-11-23-2)16(21)14(18)12-20/h4-5,14H,3,6-12H2,1-2H3. The van der Waals surface area contributed by atoms with Crippen molar-refractivity contribution in [2.24, 2.45) is 0 Å². The van der Waals surface area contributed by atoms with Gasteiger partial charge in [-0.3, -0.25) is 14.5 Å². The zero-order chi connectivity index (χ0) is 17.1. The maximum atomic E-state index is 12.8. The van der Waals surface area contributed by atoms with E-state index in [1.54, 1.807) is 7.11 Å². The molecular weight excluding hydrogens is 326 g/mol. The number of hydrogen-bond acceptors (Lipinski definition) is 5. The van der Waals surface area contributed by atoms with Crippen molar-refractivity contribution >= 4 is 23.2 Å². The number of fused-ring (bicyclic) bond motifs is 1. The average molecular weight is 351 g/mol. The molecule has 132 valence electrons. The highest BCUT2D eigenvalue weighted by Crippen LogP contribution is 2.21. The first-order valence-electron chi connectivity index (χ1n) is 8.47. The number of methoxy groups -OCH3 is 1. The third kappa shape index (κ3) is 3.63. The number of nitrogens with zero attached hydrogens (tertiary/aromatic N) is 3. The van der Waals surface area contributed by atoms with Gasteiger partial charge in [0.25, 0.3) is 5.91 Å². The number of thiophene rings is 1. The molecule has 24 heavy (non-hydrogen) atoms. The minimum atomic E-state index is -0.219. The summed E-state index contributed by atoms with van der Waals surface area (Å²) in [5, 5.41) is 0. The molecule has 0 N–H and O–H groups in total. The van der Waals surface area contributed by atoms with Crippen LogP contribution in [-0.2, 0) is 9.53 Å². The normalized spacial score (nSPS) is 22.4. The summed E-state index contributed by atoms with van der Waals surface area (Å²) in [5.41, 5.74) is 0. The Morgan fingerprint density at radius 1 is 1.29 bits per heavy atom. The molecule has 3 heterocycles. The fourth-order valence-corrected chi connectivity index (χ4v) is 4.26. The molecule has 1 aromatic heterocycles. The molecule has 2 aliphatic heterocycles. The zero-order valence-corrected chi connectivity index (χ0v) is 15.2. The van der Waals surface area contributed by atoms with Gasteiger partial charge in [-0.2, -0.15) is 0 Å². The second-order valence-electron chi connectivity index (χ2n) is 6.38. The summed E-state index contributed by atoms with van der Waals surface area (Å²) in [4.78, 5) is 33.5. The molecule has 6 nitrogen and oxygen atoms in total. The van der Waals surface area contributed by atoms with Gasteiger partial charge in [-0.25, -0.2) is 0 Å². The summed E-state index contributed by atoms with van der Waals surface area (Å²) < 4.78 is 5.10. The molecule has 2 aliphatic rings. The second kappa shape index (κ2) is 7.63. The highest BCUT2D eigenvalue weighted by molar-refractivity contribution is 7.13. The van der Waals surface area contributed by atoms with Gasteiger partial charge < -0.3 is 14.5 Å². The molecule has 1 aromatic rings. The molecule has 3 rings (SSSR count). The second-order valence-corrected chi connectivity index (χ2v) is 7.67. The lowest BCUT2D eigenvalue weighted by atomic mass is 10.1. The molecule has 1 atom stereocenters. The lowest BCUT2D eigenvalue weighted by Gasteiger charge is -2.40. The lowest BCUT2D eigenvalue weighted by molar-refractivity contribution is -0.142. The van der Waals surface area contributed by atoms with Crippen molar-refractivity contribution in [2.75, 3.05) is 53.0 Å². The first kappa shape index (κ1) is 17.4. The van der Waals surface area contributed by atoms with Gasteiger partial charge in [-0.05, 0) is 25.5 Å². The number of hydrogen-bond donors (Lipinski definition) is 0. The molecule has 0 bridgehead atoms. The molecule has 0 aliphatic carbocycles. The Morgan fingerprint density at radius 3 is 2.83 bits per heavy atom. The van der Waals surface area contributed by atoms with Crippen LogP contribution in [0.3, 0.4) is 0 Å². The number of carbonyl (C=O) groups is 2. The van der Waals surface area contributed by atoms with Crippen LogP contribution in [0.1, 0.15) is 21.0 Å². The third-order valence-electron chi connectivity index (χ3n) is 4.77. The van der Waals surface area contributed by atoms with Crippen LogP contribution in [0.15, 0.2) is 12.1 Å². The predicted molar refractivity (Wildman–Crippen MR) is 93.4 cm³/mol. The van der Waals surface area contributed by atoms with E-state index >= 15 is 0 Å². The summed E-state index contributed by atoms with van der Waals surface area (Å²) in [7, 11) is 1.65. The Hall–Kier alpha value is -1.44. The largest absolute Gasteiger partial charge is 0.383 e. The number of amides is 2. The van der Waals surface area contributed by atoms with E-state index in [0.717, 1.165) is 35.8 Å². The zero-order valence-electron chi connectivity index (χ0n) is 14.4. The van der Waals surface area contributed by atoms with E-state index in [4.69, 9.17) is 4.74 Å². The number of piperazine rings is 1. The molecule has 0 saturated carbocycles. The smallest absolute Gasteiger partial charge is 0.263 e. The molecule has 1 unspecified atom stereocenters. The van der Waals surface area contributed by atoms with Gasteiger partial charge >= 0.3 is 0 Å². The number of rotatable bonds is 4. The monoisotopic (exact) mass is 351 g/mol. The van der Waals surface area contributed by atoms with E-state index in [1.165, 1.54) is 11.3 Å². The van der Waals surface area contributed by atoms with Crippen molar-refractivity contribution in [3.8, 4) is 0 Å². The Balaban J connectivity index is 1.72.